The largest absolute Gasteiger partial charge is 0.468 e. The summed E-state index contributed by atoms with van der Waals surface area (Å²) >= 11 is 7.99. The average molecular weight is 431 g/mol. The van der Waals surface area contributed by atoms with Crippen molar-refractivity contribution >= 4 is 60.5 Å². The lowest BCUT2D eigenvalue weighted by Crippen LogP contribution is -2.22. The Kier molecular flexibility index (Phi) is 5.52. The molecule has 26 heavy (non-hydrogen) atoms. The maximum Gasteiger partial charge on any atom is 0.325 e. The Morgan fingerprint density at radius 2 is 2.04 bits per heavy atom. The number of rotatable bonds is 5. The van der Waals surface area contributed by atoms with E-state index in [0.717, 1.165) is 33.5 Å². The van der Waals surface area contributed by atoms with E-state index < -0.39 is 16.0 Å². The molecule has 3 rings (SSSR count). The summed E-state index contributed by atoms with van der Waals surface area (Å²) in [5, 5.41) is 0. The quantitative estimate of drug-likeness (QED) is 0.581. The van der Waals surface area contributed by atoms with E-state index >= 15 is 0 Å². The molecule has 0 saturated carbocycles. The minimum Gasteiger partial charge on any atom is -0.468 e. The fraction of sp³-hybridized carbons (Fsp3) is 0.250. The number of esters is 1. The van der Waals surface area contributed by atoms with E-state index in [2.05, 4.69) is 4.40 Å². The molecule has 0 unspecified atom stereocenters. The van der Waals surface area contributed by atoms with Crippen LogP contribution in [0.15, 0.2) is 38.9 Å². The summed E-state index contributed by atoms with van der Waals surface area (Å²) in [5.41, 5.74) is 1.85. The van der Waals surface area contributed by atoms with Crippen LogP contribution in [0.5, 0.6) is 0 Å². The van der Waals surface area contributed by atoms with Crippen molar-refractivity contribution in [2.45, 2.75) is 24.1 Å². The van der Waals surface area contributed by atoms with Gasteiger partial charge in [-0.05, 0) is 36.2 Å². The Morgan fingerprint density at radius 3 is 2.65 bits per heavy atom. The summed E-state index contributed by atoms with van der Waals surface area (Å²) in [5.74, 6) is -0.484. The molecule has 3 aromatic rings. The number of aromatic nitrogens is 1. The Labute approximate surface area is 163 Å². The molecule has 1 aromatic carbocycles. The van der Waals surface area contributed by atoms with Crippen molar-refractivity contribution in [2.24, 2.45) is 4.40 Å². The van der Waals surface area contributed by atoms with Gasteiger partial charge in [0, 0.05) is 0 Å². The zero-order chi connectivity index (χ0) is 18.9. The van der Waals surface area contributed by atoms with Crippen molar-refractivity contribution < 1.29 is 17.9 Å². The SMILES string of the molecule is CCc1ccc2c(c1)sc(=NS(=O)(=O)c1ccc(Cl)s1)n2CC(=O)OC. The first-order valence-corrected chi connectivity index (χ1v) is 11.0. The van der Waals surface area contributed by atoms with Crippen LogP contribution in [0.4, 0.5) is 0 Å². The summed E-state index contributed by atoms with van der Waals surface area (Å²) in [7, 11) is -2.64. The monoisotopic (exact) mass is 430 g/mol. The van der Waals surface area contributed by atoms with Gasteiger partial charge in [0.25, 0.3) is 10.0 Å². The maximum atomic E-state index is 12.6. The highest BCUT2D eigenvalue weighted by molar-refractivity contribution is 7.92. The second-order valence-electron chi connectivity index (χ2n) is 5.33. The van der Waals surface area contributed by atoms with Gasteiger partial charge < -0.3 is 9.30 Å². The number of carbonyl (C=O) groups is 1. The number of carbonyl (C=O) groups excluding carboxylic acids is 1. The number of halogens is 1. The van der Waals surface area contributed by atoms with Crippen molar-refractivity contribution in [1.29, 1.82) is 0 Å². The van der Waals surface area contributed by atoms with Crippen LogP contribution in [0.3, 0.4) is 0 Å². The lowest BCUT2D eigenvalue weighted by molar-refractivity contribution is -0.141. The van der Waals surface area contributed by atoms with Crippen molar-refractivity contribution in [3.63, 3.8) is 0 Å². The first kappa shape index (κ1) is 19.1. The number of thiophene rings is 1. The standard InChI is InChI=1S/C16H15ClN2O4S3/c1-3-10-4-5-11-12(8-10)24-16(19(11)9-14(20)23-2)18-26(21,22)15-7-6-13(17)25-15/h4-8H,3,9H2,1-2H3. The normalized spacial score (nSPS) is 12.7. The average Bonchev–Trinajstić information content (AvgIpc) is 3.18. The van der Waals surface area contributed by atoms with Gasteiger partial charge in [0.05, 0.1) is 21.7 Å². The minimum atomic E-state index is -3.92. The molecule has 0 fully saturated rings. The van der Waals surface area contributed by atoms with Gasteiger partial charge in [-0.25, -0.2) is 0 Å². The van der Waals surface area contributed by atoms with Gasteiger partial charge in [-0.3, -0.25) is 4.79 Å². The highest BCUT2D eigenvalue weighted by Crippen LogP contribution is 2.27. The summed E-state index contributed by atoms with van der Waals surface area (Å²) in [6.45, 7) is 1.91. The van der Waals surface area contributed by atoms with Gasteiger partial charge in [0.1, 0.15) is 10.8 Å². The molecule has 0 radical (unpaired) electrons. The van der Waals surface area contributed by atoms with Gasteiger partial charge in [-0.1, -0.05) is 35.9 Å². The van der Waals surface area contributed by atoms with E-state index in [1.165, 1.54) is 30.6 Å². The van der Waals surface area contributed by atoms with Crippen molar-refractivity contribution in [3.8, 4) is 0 Å². The molecule has 2 heterocycles. The molecule has 0 aliphatic heterocycles. The highest BCUT2D eigenvalue weighted by Gasteiger charge is 2.18. The Balaban J connectivity index is 2.23. The zero-order valence-electron chi connectivity index (χ0n) is 13.9. The van der Waals surface area contributed by atoms with Gasteiger partial charge in [0.2, 0.25) is 4.80 Å². The molecule has 138 valence electrons. The molecule has 2 aromatic heterocycles. The lowest BCUT2D eigenvalue weighted by atomic mass is 10.2. The van der Waals surface area contributed by atoms with Gasteiger partial charge in [-0.15, -0.1) is 15.7 Å². The summed E-state index contributed by atoms with van der Waals surface area (Å²) in [6, 6.07) is 8.71. The van der Waals surface area contributed by atoms with E-state index in [-0.39, 0.29) is 15.6 Å². The van der Waals surface area contributed by atoms with Crippen LogP contribution in [0.25, 0.3) is 10.2 Å². The van der Waals surface area contributed by atoms with Crippen LogP contribution < -0.4 is 4.80 Å². The molecule has 0 atom stereocenters. The first-order chi connectivity index (χ1) is 12.3. The van der Waals surface area contributed by atoms with E-state index in [0.29, 0.717) is 4.34 Å². The van der Waals surface area contributed by atoms with Gasteiger partial charge in [-0.2, -0.15) is 8.42 Å². The fourth-order valence-electron chi connectivity index (χ4n) is 2.34. The van der Waals surface area contributed by atoms with Crippen molar-refractivity contribution in [2.75, 3.05) is 7.11 Å². The predicted octanol–water partition coefficient (Wildman–Crippen LogP) is 3.44. The molecule has 0 amide bonds. The second kappa shape index (κ2) is 7.51. The molecule has 0 bridgehead atoms. The Hall–Kier alpha value is -1.68. The third-order valence-corrected chi connectivity index (χ3v) is 7.79. The molecule has 0 N–H and O–H groups in total. The summed E-state index contributed by atoms with van der Waals surface area (Å²) in [6.07, 6.45) is 0.851. The van der Waals surface area contributed by atoms with E-state index in [9.17, 15) is 13.2 Å². The lowest BCUT2D eigenvalue weighted by Gasteiger charge is -2.04. The topological polar surface area (TPSA) is 77.7 Å². The minimum absolute atomic E-state index is 0.0545. The highest BCUT2D eigenvalue weighted by atomic mass is 35.5. The van der Waals surface area contributed by atoms with Crippen LogP contribution >= 0.6 is 34.3 Å². The second-order valence-corrected chi connectivity index (χ2v) is 9.88. The Bertz CT molecular complexity index is 1140. The van der Waals surface area contributed by atoms with Crippen molar-refractivity contribution in [3.05, 3.63) is 45.0 Å². The molecular formula is C16H15ClN2O4S3. The third-order valence-electron chi connectivity index (χ3n) is 3.67. The number of nitrogens with zero attached hydrogens (tertiary/aromatic N) is 2. The number of hydrogen-bond donors (Lipinski definition) is 0. The summed E-state index contributed by atoms with van der Waals surface area (Å²) < 4.78 is 36.7. The fourth-order valence-corrected chi connectivity index (χ4v) is 6.10. The van der Waals surface area contributed by atoms with Crippen LogP contribution in [-0.4, -0.2) is 26.1 Å². The number of sulfonamides is 1. The smallest absolute Gasteiger partial charge is 0.325 e. The molecule has 6 nitrogen and oxygen atoms in total. The maximum absolute atomic E-state index is 12.6. The number of thiazole rings is 1. The molecule has 0 aliphatic rings. The molecule has 0 aliphatic carbocycles. The molecule has 0 saturated heterocycles. The number of aryl methyl sites for hydroxylation is 1. The Morgan fingerprint density at radius 1 is 1.27 bits per heavy atom. The third kappa shape index (κ3) is 3.85. The van der Waals surface area contributed by atoms with Gasteiger partial charge in [0.15, 0.2) is 0 Å². The number of ether oxygens (including phenoxy) is 1. The first-order valence-electron chi connectivity index (χ1n) is 7.59. The number of benzene rings is 1. The predicted molar refractivity (Wildman–Crippen MR) is 103 cm³/mol. The van der Waals surface area contributed by atoms with Crippen LogP contribution in [0.1, 0.15) is 12.5 Å². The van der Waals surface area contributed by atoms with Crippen LogP contribution in [0, 0.1) is 0 Å². The molecule has 0 spiro atoms. The number of hydrogen-bond acceptors (Lipinski definition) is 6. The molecular weight excluding hydrogens is 416 g/mol. The number of fused-ring (bicyclic) bond motifs is 1. The summed E-state index contributed by atoms with van der Waals surface area (Å²) in [4.78, 5) is 12.0. The van der Waals surface area contributed by atoms with Crippen LogP contribution in [0.2, 0.25) is 4.34 Å². The zero-order valence-corrected chi connectivity index (χ0v) is 17.1. The van der Waals surface area contributed by atoms with Gasteiger partial charge >= 0.3 is 5.97 Å². The number of methoxy groups -OCH3 is 1. The van der Waals surface area contributed by atoms with E-state index in [1.54, 1.807) is 4.57 Å². The van der Waals surface area contributed by atoms with E-state index in [4.69, 9.17) is 16.3 Å². The van der Waals surface area contributed by atoms with Crippen LogP contribution in [-0.2, 0) is 32.5 Å². The van der Waals surface area contributed by atoms with Crippen molar-refractivity contribution in [1.82, 2.24) is 4.57 Å². The van der Waals surface area contributed by atoms with E-state index in [1.807, 2.05) is 25.1 Å². The molecule has 10 heteroatoms.